The lowest BCUT2D eigenvalue weighted by molar-refractivity contribution is -0.149. The minimum atomic E-state index is -1.01. The van der Waals surface area contributed by atoms with Gasteiger partial charge in [0.05, 0.1) is 6.10 Å². The van der Waals surface area contributed by atoms with Crippen molar-refractivity contribution in [2.45, 2.75) is 31.0 Å². The Kier molecular flexibility index (Phi) is 7.37. The summed E-state index contributed by atoms with van der Waals surface area (Å²) in [5.74, 6) is -1.49. The molecule has 2 aromatic rings. The van der Waals surface area contributed by atoms with E-state index < -0.39 is 36.2 Å². The van der Waals surface area contributed by atoms with E-state index in [0.717, 1.165) is 22.3 Å². The Morgan fingerprint density at radius 2 is 1.66 bits per heavy atom. The van der Waals surface area contributed by atoms with Crippen molar-refractivity contribution in [3.05, 3.63) is 59.7 Å². The zero-order valence-electron chi connectivity index (χ0n) is 20.1. The lowest BCUT2D eigenvalue weighted by Gasteiger charge is -2.39. The van der Waals surface area contributed by atoms with Gasteiger partial charge in [-0.3, -0.25) is 14.5 Å². The molecule has 1 unspecified atom stereocenters. The molecule has 1 aliphatic heterocycles. The number of carbonyl (C=O) groups is 3. The SMILES string of the molecule is CO[C@H](C)[C@H](NC(=O)OCC1c2ccccc2-c2ccccc21)C(=O)N1CCN(C)C(C(=O)O)C1. The number of ether oxygens (including phenoxy) is 2. The average Bonchev–Trinajstić information content (AvgIpc) is 3.19. The maximum atomic E-state index is 13.3. The van der Waals surface area contributed by atoms with Crippen LogP contribution >= 0.6 is 0 Å². The number of hydrogen-bond donors (Lipinski definition) is 2. The molecule has 2 N–H and O–H groups in total. The molecular formula is C26H31N3O6. The Labute approximate surface area is 204 Å². The van der Waals surface area contributed by atoms with Gasteiger partial charge < -0.3 is 24.8 Å². The fourth-order valence-corrected chi connectivity index (χ4v) is 4.82. The zero-order chi connectivity index (χ0) is 25.1. The molecule has 1 fully saturated rings. The van der Waals surface area contributed by atoms with Gasteiger partial charge in [-0.05, 0) is 36.2 Å². The topological polar surface area (TPSA) is 108 Å². The van der Waals surface area contributed by atoms with E-state index in [2.05, 4.69) is 17.4 Å². The highest BCUT2D eigenvalue weighted by Crippen LogP contribution is 2.44. The standard InChI is InChI=1S/C26H31N3O6/c1-16(34-3)23(24(30)29-13-12-28(2)22(14-29)25(31)32)27-26(33)35-15-21-19-10-6-4-8-17(19)18-9-5-7-11-20(18)21/h4-11,16,21-23H,12-15H2,1-3H3,(H,27,33)(H,31,32)/t16-,22?,23+/m1/s1. The third-order valence-electron chi connectivity index (χ3n) is 6.97. The van der Waals surface area contributed by atoms with Gasteiger partial charge in [0.2, 0.25) is 5.91 Å². The maximum Gasteiger partial charge on any atom is 0.407 e. The van der Waals surface area contributed by atoms with Crippen LogP contribution in [0.25, 0.3) is 11.1 Å². The Bertz CT molecular complexity index is 1060. The first kappa shape index (κ1) is 24.7. The number of nitrogens with one attached hydrogen (secondary N) is 1. The van der Waals surface area contributed by atoms with Crippen LogP contribution in [0.3, 0.4) is 0 Å². The highest BCUT2D eigenvalue weighted by Gasteiger charge is 2.38. The highest BCUT2D eigenvalue weighted by atomic mass is 16.5. The number of amides is 2. The predicted molar refractivity (Wildman–Crippen MR) is 129 cm³/mol. The normalized spacial score (nSPS) is 19.4. The van der Waals surface area contributed by atoms with Gasteiger partial charge in [0, 0.05) is 32.7 Å². The molecule has 1 aliphatic carbocycles. The molecule has 35 heavy (non-hydrogen) atoms. The molecule has 2 amide bonds. The number of methoxy groups -OCH3 is 1. The van der Waals surface area contributed by atoms with Gasteiger partial charge in [0.1, 0.15) is 18.7 Å². The number of carboxylic acid groups (broad SMARTS) is 1. The van der Waals surface area contributed by atoms with Gasteiger partial charge in [-0.2, -0.15) is 0 Å². The summed E-state index contributed by atoms with van der Waals surface area (Å²) in [6, 6.07) is 14.3. The molecule has 0 radical (unpaired) electrons. The second-order valence-corrected chi connectivity index (χ2v) is 9.01. The third-order valence-corrected chi connectivity index (χ3v) is 6.97. The van der Waals surface area contributed by atoms with E-state index in [4.69, 9.17) is 9.47 Å². The molecule has 2 aromatic carbocycles. The number of alkyl carbamates (subject to hydrolysis) is 1. The Hall–Kier alpha value is -3.43. The molecule has 1 saturated heterocycles. The van der Waals surface area contributed by atoms with Crippen LogP contribution in [0, 0.1) is 0 Å². The van der Waals surface area contributed by atoms with E-state index in [1.165, 1.54) is 12.0 Å². The van der Waals surface area contributed by atoms with Crippen molar-refractivity contribution in [3.63, 3.8) is 0 Å². The van der Waals surface area contributed by atoms with E-state index in [-0.39, 0.29) is 19.1 Å². The van der Waals surface area contributed by atoms with Crippen LogP contribution < -0.4 is 5.32 Å². The number of rotatable bonds is 7. The van der Waals surface area contributed by atoms with Crippen molar-refractivity contribution in [3.8, 4) is 11.1 Å². The summed E-state index contributed by atoms with van der Waals surface area (Å²) >= 11 is 0. The smallest absolute Gasteiger partial charge is 0.407 e. The van der Waals surface area contributed by atoms with E-state index in [1.54, 1.807) is 18.9 Å². The minimum absolute atomic E-state index is 0.0317. The van der Waals surface area contributed by atoms with E-state index in [1.807, 2.05) is 36.4 Å². The van der Waals surface area contributed by atoms with E-state index >= 15 is 0 Å². The van der Waals surface area contributed by atoms with Gasteiger partial charge in [0.15, 0.2) is 0 Å². The molecular weight excluding hydrogens is 450 g/mol. The fraction of sp³-hybridized carbons (Fsp3) is 0.423. The molecule has 4 rings (SSSR count). The Morgan fingerprint density at radius 3 is 2.23 bits per heavy atom. The van der Waals surface area contributed by atoms with Crippen LogP contribution in [0.5, 0.6) is 0 Å². The van der Waals surface area contributed by atoms with Crippen molar-refractivity contribution in [1.29, 1.82) is 0 Å². The second-order valence-electron chi connectivity index (χ2n) is 9.01. The van der Waals surface area contributed by atoms with E-state index in [0.29, 0.717) is 13.1 Å². The lowest BCUT2D eigenvalue weighted by Crippen LogP contribution is -2.61. The zero-order valence-corrected chi connectivity index (χ0v) is 20.1. The first-order valence-corrected chi connectivity index (χ1v) is 11.7. The summed E-state index contributed by atoms with van der Waals surface area (Å²) in [4.78, 5) is 40.8. The van der Waals surface area contributed by atoms with Crippen molar-refractivity contribution in [2.24, 2.45) is 0 Å². The van der Waals surface area contributed by atoms with Crippen LogP contribution in [0.15, 0.2) is 48.5 Å². The van der Waals surface area contributed by atoms with Crippen molar-refractivity contribution >= 4 is 18.0 Å². The second kappa shape index (κ2) is 10.5. The monoisotopic (exact) mass is 481 g/mol. The van der Waals surface area contributed by atoms with Crippen LogP contribution in [0.2, 0.25) is 0 Å². The van der Waals surface area contributed by atoms with Crippen LogP contribution in [-0.2, 0) is 19.1 Å². The maximum absolute atomic E-state index is 13.3. The quantitative estimate of drug-likeness (QED) is 0.624. The summed E-state index contributed by atoms with van der Waals surface area (Å²) in [5, 5.41) is 12.1. The number of likely N-dealkylation sites (N-methyl/N-ethyl adjacent to an activating group) is 1. The number of benzene rings is 2. The van der Waals surface area contributed by atoms with Crippen LogP contribution in [0.4, 0.5) is 4.79 Å². The van der Waals surface area contributed by atoms with Crippen molar-refractivity contribution < 1.29 is 29.0 Å². The van der Waals surface area contributed by atoms with Gasteiger partial charge in [-0.25, -0.2) is 4.79 Å². The van der Waals surface area contributed by atoms with Crippen LogP contribution in [-0.4, -0.2) is 91.5 Å². The van der Waals surface area contributed by atoms with Crippen LogP contribution in [0.1, 0.15) is 24.0 Å². The molecule has 3 atom stereocenters. The van der Waals surface area contributed by atoms with Gasteiger partial charge in [0.25, 0.3) is 0 Å². The van der Waals surface area contributed by atoms with Crippen molar-refractivity contribution in [2.75, 3.05) is 40.4 Å². The minimum Gasteiger partial charge on any atom is -0.480 e. The molecule has 9 heteroatoms. The van der Waals surface area contributed by atoms with Gasteiger partial charge in [-0.15, -0.1) is 0 Å². The number of piperazine rings is 1. The average molecular weight is 482 g/mol. The van der Waals surface area contributed by atoms with Gasteiger partial charge >= 0.3 is 12.1 Å². The molecule has 186 valence electrons. The number of carboxylic acids is 1. The van der Waals surface area contributed by atoms with E-state index in [9.17, 15) is 19.5 Å². The number of carbonyl (C=O) groups excluding carboxylic acids is 2. The molecule has 1 heterocycles. The summed E-state index contributed by atoms with van der Waals surface area (Å²) < 4.78 is 10.9. The Morgan fingerprint density at radius 1 is 1.06 bits per heavy atom. The lowest BCUT2D eigenvalue weighted by atomic mass is 9.98. The summed E-state index contributed by atoms with van der Waals surface area (Å²) in [6.07, 6.45) is -1.36. The number of fused-ring (bicyclic) bond motifs is 3. The summed E-state index contributed by atoms with van der Waals surface area (Å²) in [5.41, 5.74) is 4.44. The first-order valence-electron chi connectivity index (χ1n) is 11.7. The number of hydrogen-bond acceptors (Lipinski definition) is 6. The first-order chi connectivity index (χ1) is 16.8. The largest absolute Gasteiger partial charge is 0.480 e. The fourth-order valence-electron chi connectivity index (χ4n) is 4.82. The molecule has 0 aromatic heterocycles. The summed E-state index contributed by atoms with van der Waals surface area (Å²) in [6.45, 7) is 2.61. The molecule has 0 spiro atoms. The summed E-state index contributed by atoms with van der Waals surface area (Å²) in [7, 11) is 3.17. The molecule has 0 saturated carbocycles. The Balaban J connectivity index is 1.43. The number of nitrogens with zero attached hydrogens (tertiary/aromatic N) is 2. The predicted octanol–water partition coefficient (Wildman–Crippen LogP) is 2.16. The molecule has 0 bridgehead atoms. The third kappa shape index (κ3) is 5.01. The molecule has 2 aliphatic rings. The number of aliphatic carboxylic acids is 1. The molecule has 9 nitrogen and oxygen atoms in total. The van der Waals surface area contributed by atoms with Crippen molar-refractivity contribution in [1.82, 2.24) is 15.1 Å². The highest BCUT2D eigenvalue weighted by molar-refractivity contribution is 5.87. The van der Waals surface area contributed by atoms with Gasteiger partial charge in [-0.1, -0.05) is 48.5 Å².